The first-order valence-electron chi connectivity index (χ1n) is 11.7. The van der Waals surface area contributed by atoms with E-state index in [2.05, 4.69) is 48.0 Å². The Morgan fingerprint density at radius 1 is 1.12 bits per heavy atom. The summed E-state index contributed by atoms with van der Waals surface area (Å²) in [6.45, 7) is 8.68. The molecule has 1 saturated heterocycles. The first-order chi connectivity index (χ1) is 16.0. The number of amides is 2. The maximum atomic E-state index is 12.1. The molecular weight excluding hydrogens is 414 g/mol. The topological polar surface area (TPSA) is 61.9 Å². The summed E-state index contributed by atoms with van der Waals surface area (Å²) in [6, 6.07) is 16.2. The fraction of sp³-hybridized carbons (Fsp3) is 0.407. The maximum Gasteiger partial charge on any atom is 0.251 e. The van der Waals surface area contributed by atoms with E-state index in [9.17, 15) is 9.59 Å². The number of nitrogens with zero attached hydrogens (tertiary/aromatic N) is 2. The Bertz CT molecular complexity index is 983. The van der Waals surface area contributed by atoms with Gasteiger partial charge in [0.2, 0.25) is 5.91 Å². The first-order valence-corrected chi connectivity index (χ1v) is 11.7. The molecule has 6 nitrogen and oxygen atoms in total. The van der Waals surface area contributed by atoms with Crippen LogP contribution in [0.2, 0.25) is 0 Å². The molecule has 0 bridgehead atoms. The van der Waals surface area contributed by atoms with Crippen molar-refractivity contribution in [1.82, 2.24) is 15.1 Å². The number of rotatable bonds is 8. The van der Waals surface area contributed by atoms with E-state index in [1.54, 1.807) is 19.2 Å². The molecule has 2 aliphatic rings. The summed E-state index contributed by atoms with van der Waals surface area (Å²) in [7, 11) is 1.62. The molecule has 2 atom stereocenters. The molecule has 2 aromatic carbocycles. The third-order valence-corrected chi connectivity index (χ3v) is 6.57. The van der Waals surface area contributed by atoms with Crippen LogP contribution < -0.4 is 10.1 Å². The molecule has 1 N–H and O–H groups in total. The Balaban J connectivity index is 1.49. The van der Waals surface area contributed by atoms with Gasteiger partial charge in [0, 0.05) is 44.8 Å². The Morgan fingerprint density at radius 2 is 1.82 bits per heavy atom. The number of nitrogens with one attached hydrogen (secondary N) is 1. The molecule has 33 heavy (non-hydrogen) atoms. The zero-order chi connectivity index (χ0) is 23.4. The highest BCUT2D eigenvalue weighted by molar-refractivity contribution is 5.94. The summed E-state index contributed by atoms with van der Waals surface area (Å²) < 4.78 is 6.45. The van der Waals surface area contributed by atoms with E-state index < -0.39 is 0 Å². The Kier molecular flexibility index (Phi) is 7.14. The lowest BCUT2D eigenvalue weighted by molar-refractivity contribution is -0.130. The van der Waals surface area contributed by atoms with E-state index in [0.717, 1.165) is 30.9 Å². The highest BCUT2D eigenvalue weighted by atomic mass is 16.5. The third-order valence-electron chi connectivity index (χ3n) is 6.57. The van der Waals surface area contributed by atoms with Gasteiger partial charge in [0.15, 0.2) is 0 Å². The standard InChI is InChI=1S/C27H33N3O3/c1-4-26(31)30-16-15-29(17-19(30)2)18-25(22-9-7-21(8-10-22)20-5-6-20)33-24-13-11-23(12-14-24)27(32)28-3/h4,7-14,19-20,25H,1,5-6,15-18H2,2-3H3,(H,28,32)/t19-,25+/m1/s1. The van der Waals surface area contributed by atoms with Crippen LogP contribution in [0.25, 0.3) is 0 Å². The fourth-order valence-corrected chi connectivity index (χ4v) is 4.48. The van der Waals surface area contributed by atoms with Crippen molar-refractivity contribution in [2.45, 2.75) is 37.8 Å². The molecule has 174 valence electrons. The van der Waals surface area contributed by atoms with Gasteiger partial charge in [0.25, 0.3) is 5.91 Å². The minimum Gasteiger partial charge on any atom is -0.484 e. The number of benzene rings is 2. The van der Waals surface area contributed by atoms with E-state index >= 15 is 0 Å². The van der Waals surface area contributed by atoms with E-state index in [-0.39, 0.29) is 24.0 Å². The van der Waals surface area contributed by atoms with Crippen molar-refractivity contribution in [3.8, 4) is 5.75 Å². The molecule has 0 radical (unpaired) electrons. The minimum atomic E-state index is -0.155. The zero-order valence-corrected chi connectivity index (χ0v) is 19.5. The van der Waals surface area contributed by atoms with Crippen molar-refractivity contribution in [1.29, 1.82) is 0 Å². The van der Waals surface area contributed by atoms with Crippen LogP contribution in [0.5, 0.6) is 5.75 Å². The molecule has 0 unspecified atom stereocenters. The highest BCUT2D eigenvalue weighted by Crippen LogP contribution is 2.40. The maximum absolute atomic E-state index is 12.1. The van der Waals surface area contributed by atoms with Crippen LogP contribution in [0.15, 0.2) is 61.2 Å². The minimum absolute atomic E-state index is 0.0122. The van der Waals surface area contributed by atoms with Gasteiger partial charge in [-0.3, -0.25) is 14.5 Å². The summed E-state index contributed by atoms with van der Waals surface area (Å²) in [4.78, 5) is 28.2. The van der Waals surface area contributed by atoms with Crippen molar-refractivity contribution < 1.29 is 14.3 Å². The Hall–Kier alpha value is -3.12. The summed E-state index contributed by atoms with van der Waals surface area (Å²) in [6.07, 6.45) is 3.80. The van der Waals surface area contributed by atoms with Crippen LogP contribution in [0, 0.1) is 0 Å². The molecule has 2 aromatic rings. The predicted molar refractivity (Wildman–Crippen MR) is 129 cm³/mol. The van der Waals surface area contributed by atoms with Gasteiger partial charge < -0.3 is 15.0 Å². The average molecular weight is 448 g/mol. The first kappa shape index (κ1) is 23.1. The van der Waals surface area contributed by atoms with Crippen LogP contribution in [-0.2, 0) is 4.79 Å². The van der Waals surface area contributed by atoms with E-state index in [1.165, 1.54) is 24.5 Å². The number of carbonyl (C=O) groups is 2. The van der Waals surface area contributed by atoms with E-state index in [1.807, 2.05) is 17.0 Å². The summed E-state index contributed by atoms with van der Waals surface area (Å²) >= 11 is 0. The summed E-state index contributed by atoms with van der Waals surface area (Å²) in [5.41, 5.74) is 3.14. The molecule has 2 fully saturated rings. The molecule has 1 saturated carbocycles. The average Bonchev–Trinajstić information content (AvgIpc) is 3.69. The molecule has 1 aliphatic carbocycles. The van der Waals surface area contributed by atoms with Crippen LogP contribution in [0.4, 0.5) is 0 Å². The number of hydrogen-bond donors (Lipinski definition) is 1. The Morgan fingerprint density at radius 3 is 2.39 bits per heavy atom. The zero-order valence-electron chi connectivity index (χ0n) is 19.5. The monoisotopic (exact) mass is 447 g/mol. The van der Waals surface area contributed by atoms with Gasteiger partial charge in [-0.1, -0.05) is 30.8 Å². The second-order valence-electron chi connectivity index (χ2n) is 9.00. The highest BCUT2D eigenvalue weighted by Gasteiger charge is 2.29. The number of hydrogen-bond acceptors (Lipinski definition) is 4. The molecular formula is C27H33N3O3. The molecule has 4 rings (SSSR count). The molecule has 0 spiro atoms. The van der Waals surface area contributed by atoms with E-state index in [4.69, 9.17) is 4.74 Å². The molecule has 2 amide bonds. The van der Waals surface area contributed by atoms with Crippen molar-refractivity contribution in [3.63, 3.8) is 0 Å². The van der Waals surface area contributed by atoms with Gasteiger partial charge in [-0.25, -0.2) is 0 Å². The van der Waals surface area contributed by atoms with Gasteiger partial charge >= 0.3 is 0 Å². The second-order valence-corrected chi connectivity index (χ2v) is 9.00. The number of carbonyl (C=O) groups excluding carboxylic acids is 2. The van der Waals surface area contributed by atoms with Crippen LogP contribution in [-0.4, -0.2) is 60.9 Å². The number of ether oxygens (including phenoxy) is 1. The second kappa shape index (κ2) is 10.2. The summed E-state index contributed by atoms with van der Waals surface area (Å²) in [5, 5.41) is 2.64. The molecule has 0 aromatic heterocycles. The predicted octanol–water partition coefficient (Wildman–Crippen LogP) is 3.76. The lowest BCUT2D eigenvalue weighted by Gasteiger charge is -2.40. The lowest BCUT2D eigenvalue weighted by atomic mass is 10.0. The largest absolute Gasteiger partial charge is 0.484 e. The number of piperazine rings is 1. The van der Waals surface area contributed by atoms with Gasteiger partial charge in [-0.05, 0) is 67.2 Å². The Labute approximate surface area is 196 Å². The van der Waals surface area contributed by atoms with Crippen molar-refractivity contribution in [2.75, 3.05) is 33.2 Å². The van der Waals surface area contributed by atoms with Gasteiger partial charge in [-0.2, -0.15) is 0 Å². The molecule has 1 heterocycles. The van der Waals surface area contributed by atoms with Crippen molar-refractivity contribution in [3.05, 3.63) is 77.9 Å². The third kappa shape index (κ3) is 5.63. The van der Waals surface area contributed by atoms with Crippen LogP contribution in [0.1, 0.15) is 53.3 Å². The van der Waals surface area contributed by atoms with Gasteiger partial charge in [0.05, 0.1) is 0 Å². The normalized spacial score (nSPS) is 19.6. The SMILES string of the molecule is C=CC(=O)N1CCN(C[C@H](Oc2ccc(C(=O)NC)cc2)c2ccc(C3CC3)cc2)C[C@H]1C. The van der Waals surface area contributed by atoms with Crippen molar-refractivity contribution >= 4 is 11.8 Å². The van der Waals surface area contributed by atoms with Gasteiger partial charge in [-0.15, -0.1) is 0 Å². The smallest absolute Gasteiger partial charge is 0.251 e. The van der Waals surface area contributed by atoms with E-state index in [0.29, 0.717) is 18.0 Å². The fourth-order valence-electron chi connectivity index (χ4n) is 4.48. The lowest BCUT2D eigenvalue weighted by Crippen LogP contribution is -2.54. The van der Waals surface area contributed by atoms with Crippen molar-refractivity contribution in [2.24, 2.45) is 0 Å². The molecule has 1 aliphatic heterocycles. The summed E-state index contributed by atoms with van der Waals surface area (Å²) in [5.74, 6) is 1.32. The quantitative estimate of drug-likeness (QED) is 0.626. The van der Waals surface area contributed by atoms with Crippen LogP contribution in [0.3, 0.4) is 0 Å². The molecule has 6 heteroatoms. The van der Waals surface area contributed by atoms with Gasteiger partial charge in [0.1, 0.15) is 11.9 Å². The van der Waals surface area contributed by atoms with Crippen LogP contribution >= 0.6 is 0 Å².